The number of benzene rings is 2. The molecule has 4 nitrogen and oxygen atoms in total. The fraction of sp³-hybridized carbons (Fsp3) is 0.364. The molecule has 0 aromatic heterocycles. The number of hydrogen-bond acceptors (Lipinski definition) is 2. The molecule has 1 aliphatic heterocycles. The Kier molecular flexibility index (Phi) is 5.36. The predicted octanol–water partition coefficient (Wildman–Crippen LogP) is 3.96. The van der Waals surface area contributed by atoms with Gasteiger partial charge in [0.2, 0.25) is 0 Å². The van der Waals surface area contributed by atoms with Crippen molar-refractivity contribution in [2.75, 3.05) is 26.2 Å². The van der Waals surface area contributed by atoms with Crippen LogP contribution in [0.15, 0.2) is 36.4 Å². The molecule has 4 rings (SSSR count). The third-order valence-corrected chi connectivity index (χ3v) is 5.92. The van der Waals surface area contributed by atoms with Crippen molar-refractivity contribution in [1.29, 1.82) is 0 Å². The molecule has 0 radical (unpaired) electrons. The van der Waals surface area contributed by atoms with E-state index in [4.69, 9.17) is 11.6 Å². The molecule has 0 saturated carbocycles. The maximum Gasteiger partial charge on any atom is 0.255 e. The summed E-state index contributed by atoms with van der Waals surface area (Å²) in [7, 11) is 0. The molecule has 0 spiro atoms. The van der Waals surface area contributed by atoms with E-state index < -0.39 is 5.82 Å². The predicted molar refractivity (Wildman–Crippen MR) is 106 cm³/mol. The molecular weight excluding hydrogens is 379 g/mol. The number of piperazine rings is 1. The Labute approximate surface area is 168 Å². The monoisotopic (exact) mass is 400 g/mol. The molecule has 6 heteroatoms. The zero-order chi connectivity index (χ0) is 19.7. The van der Waals surface area contributed by atoms with E-state index in [9.17, 15) is 14.0 Å². The van der Waals surface area contributed by atoms with Crippen LogP contribution >= 0.6 is 11.6 Å². The molecule has 1 fully saturated rings. The van der Waals surface area contributed by atoms with Crippen LogP contribution in [0.3, 0.4) is 0 Å². The van der Waals surface area contributed by atoms with Gasteiger partial charge in [-0.3, -0.25) is 9.59 Å². The molecular formula is C22H22ClFN2O2. The number of amides is 2. The van der Waals surface area contributed by atoms with Crippen LogP contribution in [0.4, 0.5) is 4.39 Å². The maximum atomic E-state index is 13.2. The van der Waals surface area contributed by atoms with E-state index in [0.717, 1.165) is 24.5 Å². The SMILES string of the molecule is O=C(c1ccc2c(c1)CCCC2)N1CCN(C(=O)c2ccc(F)cc2Cl)CC1. The van der Waals surface area contributed by atoms with Gasteiger partial charge in [0, 0.05) is 31.7 Å². The van der Waals surface area contributed by atoms with Crippen molar-refractivity contribution in [3.8, 4) is 0 Å². The molecule has 2 amide bonds. The Bertz CT molecular complexity index is 923. The second kappa shape index (κ2) is 7.92. The van der Waals surface area contributed by atoms with Gasteiger partial charge in [0.05, 0.1) is 10.6 Å². The molecule has 2 aromatic rings. The highest BCUT2D eigenvalue weighted by Crippen LogP contribution is 2.24. The van der Waals surface area contributed by atoms with E-state index in [2.05, 4.69) is 6.07 Å². The lowest BCUT2D eigenvalue weighted by molar-refractivity contribution is 0.0535. The average Bonchev–Trinajstić information content (AvgIpc) is 2.72. The molecule has 2 aromatic carbocycles. The fourth-order valence-corrected chi connectivity index (χ4v) is 4.24. The van der Waals surface area contributed by atoms with Gasteiger partial charge in [0.1, 0.15) is 5.82 Å². The van der Waals surface area contributed by atoms with Gasteiger partial charge < -0.3 is 9.80 Å². The summed E-state index contributed by atoms with van der Waals surface area (Å²) < 4.78 is 13.2. The van der Waals surface area contributed by atoms with E-state index in [-0.39, 0.29) is 22.4 Å². The van der Waals surface area contributed by atoms with Crippen LogP contribution in [0.1, 0.15) is 44.7 Å². The van der Waals surface area contributed by atoms with Crippen LogP contribution in [-0.4, -0.2) is 47.8 Å². The molecule has 0 unspecified atom stereocenters. The second-order valence-corrected chi connectivity index (χ2v) is 7.81. The number of hydrogen-bond donors (Lipinski definition) is 0. The first-order chi connectivity index (χ1) is 13.5. The summed E-state index contributed by atoms with van der Waals surface area (Å²) >= 11 is 6.01. The van der Waals surface area contributed by atoms with E-state index in [0.29, 0.717) is 26.2 Å². The van der Waals surface area contributed by atoms with Crippen LogP contribution in [0.25, 0.3) is 0 Å². The minimum absolute atomic E-state index is 0.0142. The second-order valence-electron chi connectivity index (χ2n) is 7.40. The fourth-order valence-electron chi connectivity index (χ4n) is 3.99. The minimum Gasteiger partial charge on any atom is -0.335 e. The van der Waals surface area contributed by atoms with Gasteiger partial charge in [-0.05, 0) is 67.1 Å². The van der Waals surface area contributed by atoms with Crippen molar-refractivity contribution in [1.82, 2.24) is 9.80 Å². The molecule has 28 heavy (non-hydrogen) atoms. The average molecular weight is 401 g/mol. The first kappa shape index (κ1) is 18.9. The lowest BCUT2D eigenvalue weighted by Crippen LogP contribution is -2.50. The third-order valence-electron chi connectivity index (χ3n) is 5.61. The van der Waals surface area contributed by atoms with E-state index in [1.54, 1.807) is 9.80 Å². The summed E-state index contributed by atoms with van der Waals surface area (Å²) in [5.74, 6) is -0.687. The normalized spacial score (nSPS) is 16.6. The van der Waals surface area contributed by atoms with Crippen molar-refractivity contribution in [2.24, 2.45) is 0 Å². The molecule has 0 bridgehead atoms. The van der Waals surface area contributed by atoms with Crippen molar-refractivity contribution in [2.45, 2.75) is 25.7 Å². The molecule has 1 heterocycles. The highest BCUT2D eigenvalue weighted by molar-refractivity contribution is 6.33. The topological polar surface area (TPSA) is 40.6 Å². The van der Waals surface area contributed by atoms with Crippen molar-refractivity contribution >= 4 is 23.4 Å². The highest BCUT2D eigenvalue weighted by Gasteiger charge is 2.27. The number of rotatable bonds is 2. The molecule has 0 N–H and O–H groups in total. The number of fused-ring (bicyclic) bond motifs is 1. The van der Waals surface area contributed by atoms with Gasteiger partial charge in [-0.1, -0.05) is 17.7 Å². The number of carbonyl (C=O) groups excluding carboxylic acids is 2. The van der Waals surface area contributed by atoms with Gasteiger partial charge in [-0.2, -0.15) is 0 Å². The van der Waals surface area contributed by atoms with E-state index in [1.165, 1.54) is 36.1 Å². The molecule has 146 valence electrons. The Morgan fingerprint density at radius 1 is 0.821 bits per heavy atom. The van der Waals surface area contributed by atoms with Gasteiger partial charge in [0.15, 0.2) is 0 Å². The first-order valence-electron chi connectivity index (χ1n) is 9.68. The Morgan fingerprint density at radius 2 is 1.46 bits per heavy atom. The number of aryl methyl sites for hydroxylation is 2. The first-order valence-corrected chi connectivity index (χ1v) is 10.1. The Balaban J connectivity index is 1.41. The molecule has 0 atom stereocenters. The lowest BCUT2D eigenvalue weighted by Gasteiger charge is -2.35. The van der Waals surface area contributed by atoms with E-state index >= 15 is 0 Å². The van der Waals surface area contributed by atoms with Gasteiger partial charge in [0.25, 0.3) is 11.8 Å². The number of halogens is 2. The van der Waals surface area contributed by atoms with Crippen LogP contribution < -0.4 is 0 Å². The van der Waals surface area contributed by atoms with Gasteiger partial charge in [-0.15, -0.1) is 0 Å². The summed E-state index contributed by atoms with van der Waals surface area (Å²) in [6.07, 6.45) is 4.53. The highest BCUT2D eigenvalue weighted by atomic mass is 35.5. The summed E-state index contributed by atoms with van der Waals surface area (Å²) in [6.45, 7) is 1.81. The molecule has 2 aliphatic rings. The maximum absolute atomic E-state index is 13.2. The Hall–Kier alpha value is -2.40. The quantitative estimate of drug-likeness (QED) is 0.765. The zero-order valence-corrected chi connectivity index (χ0v) is 16.3. The van der Waals surface area contributed by atoms with Crippen LogP contribution in [-0.2, 0) is 12.8 Å². The van der Waals surface area contributed by atoms with Gasteiger partial charge >= 0.3 is 0 Å². The Morgan fingerprint density at radius 3 is 2.14 bits per heavy atom. The summed E-state index contributed by atoms with van der Waals surface area (Å²) in [5, 5.41) is 0.109. The zero-order valence-electron chi connectivity index (χ0n) is 15.6. The summed E-state index contributed by atoms with van der Waals surface area (Å²) in [4.78, 5) is 29.0. The minimum atomic E-state index is -0.470. The number of carbonyl (C=O) groups is 2. The smallest absolute Gasteiger partial charge is 0.255 e. The van der Waals surface area contributed by atoms with Crippen molar-refractivity contribution in [3.63, 3.8) is 0 Å². The lowest BCUT2D eigenvalue weighted by atomic mass is 9.90. The van der Waals surface area contributed by atoms with E-state index in [1.807, 2.05) is 12.1 Å². The standard InChI is InChI=1S/C22H22ClFN2O2/c23-20-14-18(24)7-8-19(20)22(28)26-11-9-25(10-12-26)21(27)17-6-5-15-3-1-2-4-16(15)13-17/h5-8,13-14H,1-4,9-12H2. The molecule has 1 saturated heterocycles. The summed E-state index contributed by atoms with van der Waals surface area (Å²) in [5.41, 5.74) is 3.66. The van der Waals surface area contributed by atoms with Crippen molar-refractivity contribution < 1.29 is 14.0 Å². The van der Waals surface area contributed by atoms with Crippen LogP contribution in [0.2, 0.25) is 5.02 Å². The van der Waals surface area contributed by atoms with Crippen molar-refractivity contribution in [3.05, 3.63) is 69.5 Å². The van der Waals surface area contributed by atoms with Crippen LogP contribution in [0, 0.1) is 5.82 Å². The molecule has 1 aliphatic carbocycles. The largest absolute Gasteiger partial charge is 0.335 e. The third kappa shape index (κ3) is 3.76. The van der Waals surface area contributed by atoms with Gasteiger partial charge in [-0.25, -0.2) is 4.39 Å². The number of nitrogens with zero attached hydrogens (tertiary/aromatic N) is 2. The van der Waals surface area contributed by atoms with Crippen LogP contribution in [0.5, 0.6) is 0 Å². The summed E-state index contributed by atoms with van der Waals surface area (Å²) in [6, 6.07) is 9.82.